The molecule has 0 N–H and O–H groups in total. The van der Waals surface area contributed by atoms with Crippen LogP contribution in [0.2, 0.25) is 0 Å². The summed E-state index contributed by atoms with van der Waals surface area (Å²) in [5, 5.41) is 0. The van der Waals surface area contributed by atoms with Gasteiger partial charge in [-0.3, -0.25) is 0 Å². The molecule has 1 saturated carbocycles. The van der Waals surface area contributed by atoms with Crippen molar-refractivity contribution in [3.63, 3.8) is 0 Å². The van der Waals surface area contributed by atoms with Crippen LogP contribution in [-0.2, 0) is 14.3 Å². The molecule has 0 amide bonds. The average Bonchev–Trinajstić information content (AvgIpc) is 2.61. The molecular weight excluding hydrogens is 264 g/mol. The third-order valence-corrected chi connectivity index (χ3v) is 6.44. The lowest BCUT2D eigenvalue weighted by atomic mass is 9.72. The van der Waals surface area contributed by atoms with Crippen LogP contribution in [0, 0.1) is 29.6 Å². The van der Waals surface area contributed by atoms with Crippen molar-refractivity contribution >= 4 is 6.29 Å². The molecule has 1 aliphatic carbocycles. The van der Waals surface area contributed by atoms with Gasteiger partial charge >= 0.3 is 0 Å². The van der Waals surface area contributed by atoms with Gasteiger partial charge in [-0.1, -0.05) is 20.3 Å². The van der Waals surface area contributed by atoms with E-state index in [1.807, 2.05) is 0 Å². The maximum Gasteiger partial charge on any atom is 0.161 e. The molecule has 3 aliphatic rings. The van der Waals surface area contributed by atoms with Gasteiger partial charge in [0, 0.05) is 12.3 Å². The van der Waals surface area contributed by atoms with E-state index < -0.39 is 0 Å². The summed E-state index contributed by atoms with van der Waals surface area (Å²) in [6.07, 6.45) is 8.05. The van der Waals surface area contributed by atoms with Gasteiger partial charge in [-0.2, -0.15) is 0 Å². The molecule has 2 bridgehead atoms. The van der Waals surface area contributed by atoms with Crippen LogP contribution in [0.15, 0.2) is 0 Å². The van der Waals surface area contributed by atoms with Gasteiger partial charge in [0.2, 0.25) is 0 Å². The SMILES string of the molecule is CC1CCC2CC3C(O1)OC(CC=O)C(C)C3CC[C@H]2C. The summed E-state index contributed by atoms with van der Waals surface area (Å²) < 4.78 is 12.5. The number of hydrogen-bond acceptors (Lipinski definition) is 3. The molecule has 120 valence electrons. The molecule has 0 aromatic rings. The highest BCUT2D eigenvalue weighted by molar-refractivity contribution is 5.50. The average molecular weight is 294 g/mol. The van der Waals surface area contributed by atoms with Crippen LogP contribution in [0.1, 0.15) is 59.3 Å². The second-order valence-corrected chi connectivity index (χ2v) is 7.71. The van der Waals surface area contributed by atoms with Gasteiger partial charge in [-0.15, -0.1) is 0 Å². The molecule has 3 fully saturated rings. The molecule has 3 rings (SSSR count). The van der Waals surface area contributed by atoms with Crippen molar-refractivity contribution in [2.75, 3.05) is 0 Å². The maximum absolute atomic E-state index is 11.0. The third kappa shape index (κ3) is 3.05. The fourth-order valence-corrected chi connectivity index (χ4v) is 4.95. The van der Waals surface area contributed by atoms with Crippen LogP contribution in [0.4, 0.5) is 0 Å². The molecule has 3 nitrogen and oxygen atoms in total. The highest BCUT2D eigenvalue weighted by atomic mass is 16.7. The number of ether oxygens (including phenoxy) is 2. The Labute approximate surface area is 128 Å². The molecule has 7 unspecified atom stereocenters. The Morgan fingerprint density at radius 3 is 2.57 bits per heavy atom. The molecule has 0 radical (unpaired) electrons. The summed E-state index contributed by atoms with van der Waals surface area (Å²) >= 11 is 0. The van der Waals surface area contributed by atoms with E-state index in [2.05, 4.69) is 20.8 Å². The fourth-order valence-electron chi connectivity index (χ4n) is 4.95. The minimum absolute atomic E-state index is 0.0484. The van der Waals surface area contributed by atoms with E-state index >= 15 is 0 Å². The van der Waals surface area contributed by atoms with Crippen LogP contribution < -0.4 is 0 Å². The second kappa shape index (κ2) is 6.37. The van der Waals surface area contributed by atoms with Crippen LogP contribution in [0.5, 0.6) is 0 Å². The molecule has 0 spiro atoms. The summed E-state index contributed by atoms with van der Waals surface area (Å²) in [5.41, 5.74) is 0. The number of fused-ring (bicyclic) bond motifs is 1. The first-order chi connectivity index (χ1) is 10.1. The van der Waals surface area contributed by atoms with Crippen LogP contribution in [0.25, 0.3) is 0 Å². The van der Waals surface area contributed by atoms with Crippen molar-refractivity contribution in [3.05, 3.63) is 0 Å². The lowest BCUT2D eigenvalue weighted by Gasteiger charge is -2.47. The Hall–Kier alpha value is -0.410. The molecular formula is C18H30O3. The van der Waals surface area contributed by atoms with Gasteiger partial charge in [0.15, 0.2) is 6.29 Å². The van der Waals surface area contributed by atoms with E-state index in [0.717, 1.165) is 24.5 Å². The molecule has 8 atom stereocenters. The summed E-state index contributed by atoms with van der Waals surface area (Å²) in [7, 11) is 0. The van der Waals surface area contributed by atoms with E-state index in [9.17, 15) is 4.79 Å². The summed E-state index contributed by atoms with van der Waals surface area (Å²) in [6, 6.07) is 0. The van der Waals surface area contributed by atoms with Crippen molar-refractivity contribution < 1.29 is 14.3 Å². The first-order valence-electron chi connectivity index (χ1n) is 8.84. The molecule has 0 aromatic carbocycles. The van der Waals surface area contributed by atoms with Gasteiger partial charge in [0.1, 0.15) is 6.29 Å². The predicted molar refractivity (Wildman–Crippen MR) is 81.8 cm³/mol. The van der Waals surface area contributed by atoms with Crippen molar-refractivity contribution in [3.8, 4) is 0 Å². The second-order valence-electron chi connectivity index (χ2n) is 7.71. The van der Waals surface area contributed by atoms with Gasteiger partial charge in [0.05, 0.1) is 12.2 Å². The van der Waals surface area contributed by atoms with Crippen molar-refractivity contribution in [1.82, 2.24) is 0 Å². The monoisotopic (exact) mass is 294 g/mol. The molecule has 0 aromatic heterocycles. The van der Waals surface area contributed by atoms with Gasteiger partial charge < -0.3 is 14.3 Å². The lowest BCUT2D eigenvalue weighted by Crippen LogP contribution is -2.49. The first-order valence-corrected chi connectivity index (χ1v) is 8.84. The highest BCUT2D eigenvalue weighted by Crippen LogP contribution is 2.49. The first kappa shape index (κ1) is 15.5. The van der Waals surface area contributed by atoms with E-state index in [1.54, 1.807) is 0 Å². The van der Waals surface area contributed by atoms with Crippen LogP contribution >= 0.6 is 0 Å². The van der Waals surface area contributed by atoms with Gasteiger partial charge in [-0.25, -0.2) is 0 Å². The molecule has 2 aliphatic heterocycles. The highest BCUT2D eigenvalue weighted by Gasteiger charge is 2.47. The van der Waals surface area contributed by atoms with Crippen LogP contribution in [-0.4, -0.2) is 24.8 Å². The minimum atomic E-state index is -0.0840. The minimum Gasteiger partial charge on any atom is -0.349 e. The lowest BCUT2D eigenvalue weighted by molar-refractivity contribution is -0.273. The zero-order valence-electron chi connectivity index (χ0n) is 13.7. The van der Waals surface area contributed by atoms with E-state index in [1.165, 1.54) is 25.7 Å². The standard InChI is InChI=1S/C18H30O3/c1-11-4-7-15-13(3)17(8-9-19)21-18-16(15)10-14(11)6-5-12(2)20-18/h9,11-18H,4-8,10H2,1-3H3/t11-,12?,13?,14?,15?,16?,17?,18?/m1/s1. The number of carbonyl (C=O) groups excluding carboxylic acids is 1. The Morgan fingerprint density at radius 1 is 1.00 bits per heavy atom. The topological polar surface area (TPSA) is 35.5 Å². The Bertz CT molecular complexity index is 369. The Balaban J connectivity index is 1.87. The number of rotatable bonds is 2. The Morgan fingerprint density at radius 2 is 1.81 bits per heavy atom. The summed E-state index contributed by atoms with van der Waals surface area (Å²) in [4.78, 5) is 11.0. The normalized spacial score (nSPS) is 50.6. The predicted octanol–water partition coefficient (Wildman–Crippen LogP) is 3.80. The number of aldehydes is 1. The van der Waals surface area contributed by atoms with Crippen LogP contribution in [0.3, 0.4) is 0 Å². The molecule has 2 heterocycles. The van der Waals surface area contributed by atoms with E-state index in [4.69, 9.17) is 9.47 Å². The molecule has 21 heavy (non-hydrogen) atoms. The van der Waals surface area contributed by atoms with Gasteiger partial charge in [0.25, 0.3) is 0 Å². The van der Waals surface area contributed by atoms with Crippen molar-refractivity contribution in [2.45, 2.75) is 77.8 Å². The number of hydrogen-bond donors (Lipinski definition) is 0. The number of carbonyl (C=O) groups is 1. The van der Waals surface area contributed by atoms with Crippen molar-refractivity contribution in [1.29, 1.82) is 0 Å². The largest absolute Gasteiger partial charge is 0.349 e. The summed E-state index contributed by atoms with van der Waals surface area (Å²) in [5.74, 6) is 3.30. The summed E-state index contributed by atoms with van der Waals surface area (Å²) in [6.45, 7) is 6.88. The zero-order chi connectivity index (χ0) is 15.0. The quantitative estimate of drug-likeness (QED) is 0.727. The van der Waals surface area contributed by atoms with E-state index in [0.29, 0.717) is 24.2 Å². The third-order valence-electron chi connectivity index (χ3n) is 6.44. The zero-order valence-corrected chi connectivity index (χ0v) is 13.7. The smallest absolute Gasteiger partial charge is 0.161 e. The van der Waals surface area contributed by atoms with Gasteiger partial charge in [-0.05, 0) is 56.3 Å². The van der Waals surface area contributed by atoms with Crippen molar-refractivity contribution in [2.24, 2.45) is 29.6 Å². The fraction of sp³-hybridized carbons (Fsp3) is 0.944. The molecule has 2 saturated heterocycles. The Kier molecular flexibility index (Phi) is 4.70. The molecule has 3 heteroatoms. The maximum atomic E-state index is 11.0. The van der Waals surface area contributed by atoms with E-state index in [-0.39, 0.29) is 18.5 Å².